The van der Waals surface area contributed by atoms with Gasteiger partial charge in [-0.3, -0.25) is 0 Å². The van der Waals surface area contributed by atoms with Crippen LogP contribution in [0.4, 0.5) is 0 Å². The molecule has 0 aliphatic rings. The zero-order valence-corrected chi connectivity index (χ0v) is 13.7. The number of hydrogen-bond acceptors (Lipinski definition) is 3. The second kappa shape index (κ2) is 17.5. The Hall–Kier alpha value is -0.540. The molecule has 0 aromatic rings. The molecule has 116 valence electrons. The summed E-state index contributed by atoms with van der Waals surface area (Å²) < 4.78 is 0. The van der Waals surface area contributed by atoms with Crippen molar-refractivity contribution in [1.29, 1.82) is 0 Å². The van der Waals surface area contributed by atoms with E-state index >= 15 is 0 Å². The summed E-state index contributed by atoms with van der Waals surface area (Å²) in [6.45, 7) is 16.5. The fourth-order valence-corrected chi connectivity index (χ4v) is 1.44. The van der Waals surface area contributed by atoms with Crippen LogP contribution in [-0.2, 0) is 0 Å². The van der Waals surface area contributed by atoms with Gasteiger partial charge in [0.15, 0.2) is 0 Å². The average molecular weight is 271 g/mol. The van der Waals surface area contributed by atoms with Gasteiger partial charge in [0, 0.05) is 6.54 Å². The molecule has 0 saturated carbocycles. The van der Waals surface area contributed by atoms with Crippen molar-refractivity contribution in [2.75, 3.05) is 26.2 Å². The van der Waals surface area contributed by atoms with Crippen LogP contribution in [0.3, 0.4) is 0 Å². The Labute approximate surface area is 121 Å². The van der Waals surface area contributed by atoms with Crippen LogP contribution in [0.25, 0.3) is 0 Å². The van der Waals surface area contributed by atoms with Crippen LogP contribution in [0.1, 0.15) is 53.4 Å². The molecular formula is C16H37N3. The van der Waals surface area contributed by atoms with Crippen molar-refractivity contribution in [3.63, 3.8) is 0 Å². The van der Waals surface area contributed by atoms with Gasteiger partial charge in [-0.1, -0.05) is 47.1 Å². The summed E-state index contributed by atoms with van der Waals surface area (Å²) in [5.74, 6) is 1.77. The van der Waals surface area contributed by atoms with E-state index in [9.17, 15) is 0 Å². The third-order valence-corrected chi connectivity index (χ3v) is 2.70. The summed E-state index contributed by atoms with van der Waals surface area (Å²) in [4.78, 5) is 0. The third kappa shape index (κ3) is 26.9. The largest absolute Gasteiger partial charge is 0.391 e. The third-order valence-electron chi connectivity index (χ3n) is 2.70. The predicted molar refractivity (Wildman–Crippen MR) is 88.3 cm³/mol. The predicted octanol–water partition coefficient (Wildman–Crippen LogP) is 3.13. The van der Waals surface area contributed by atoms with E-state index < -0.39 is 0 Å². The molecule has 19 heavy (non-hydrogen) atoms. The highest BCUT2D eigenvalue weighted by molar-refractivity contribution is 4.62. The van der Waals surface area contributed by atoms with Crippen molar-refractivity contribution in [1.82, 2.24) is 10.6 Å². The van der Waals surface area contributed by atoms with Crippen molar-refractivity contribution in [2.24, 2.45) is 17.6 Å². The van der Waals surface area contributed by atoms with E-state index in [-0.39, 0.29) is 0 Å². The molecule has 0 radical (unpaired) electrons. The molecule has 0 aliphatic heterocycles. The normalized spacial score (nSPS) is 10.3. The van der Waals surface area contributed by atoms with E-state index in [1.54, 1.807) is 6.20 Å². The zero-order valence-electron chi connectivity index (χ0n) is 13.7. The van der Waals surface area contributed by atoms with E-state index in [1.165, 1.54) is 12.8 Å². The molecule has 0 saturated heterocycles. The van der Waals surface area contributed by atoms with Crippen LogP contribution in [0.5, 0.6) is 0 Å². The molecule has 0 aromatic heterocycles. The fourth-order valence-electron chi connectivity index (χ4n) is 1.44. The highest BCUT2D eigenvalue weighted by atomic mass is 14.9. The number of rotatable bonds is 11. The maximum absolute atomic E-state index is 5.33. The van der Waals surface area contributed by atoms with Gasteiger partial charge in [-0.05, 0) is 50.5 Å². The lowest BCUT2D eigenvalue weighted by Crippen LogP contribution is -2.22. The van der Waals surface area contributed by atoms with Gasteiger partial charge in [-0.2, -0.15) is 0 Å². The molecule has 0 amide bonds. The second-order valence-corrected chi connectivity index (χ2v) is 5.77. The van der Waals surface area contributed by atoms with Gasteiger partial charge in [0.2, 0.25) is 0 Å². The second-order valence-electron chi connectivity index (χ2n) is 5.77. The number of nitrogens with two attached hydrogens (primary N) is 1. The van der Waals surface area contributed by atoms with Gasteiger partial charge in [-0.25, -0.2) is 0 Å². The van der Waals surface area contributed by atoms with Crippen molar-refractivity contribution in [3.05, 3.63) is 12.8 Å². The standard InChI is InChI=1S/C8H19N3.C8H18/c1-2-10-7-4-8-11-6-3-5-9;1-7(2)5-6-8(3)4/h2,10-11H,1,3-9H2;7-8H,5-6H2,1-4H3. The lowest BCUT2D eigenvalue weighted by molar-refractivity contribution is 0.476. The maximum Gasteiger partial charge on any atom is 0.0153 e. The van der Waals surface area contributed by atoms with E-state index in [4.69, 9.17) is 5.73 Å². The van der Waals surface area contributed by atoms with Crippen LogP contribution >= 0.6 is 0 Å². The molecule has 0 unspecified atom stereocenters. The van der Waals surface area contributed by atoms with Gasteiger partial charge in [0.05, 0.1) is 0 Å². The zero-order chi connectivity index (χ0) is 14.9. The first-order valence-electron chi connectivity index (χ1n) is 7.79. The minimum atomic E-state index is 0.776. The Morgan fingerprint density at radius 2 is 1.47 bits per heavy atom. The van der Waals surface area contributed by atoms with Gasteiger partial charge in [0.25, 0.3) is 0 Å². The van der Waals surface area contributed by atoms with Gasteiger partial charge in [-0.15, -0.1) is 0 Å². The van der Waals surface area contributed by atoms with Gasteiger partial charge < -0.3 is 16.4 Å². The Balaban J connectivity index is 0. The summed E-state index contributed by atoms with van der Waals surface area (Å²) in [5.41, 5.74) is 5.33. The fraction of sp³-hybridized carbons (Fsp3) is 0.875. The van der Waals surface area contributed by atoms with Crippen LogP contribution in [-0.4, -0.2) is 26.2 Å². The SMILES string of the molecule is C=CNCCCNCCCN.CC(C)CCC(C)C. The Bertz CT molecular complexity index is 159. The highest BCUT2D eigenvalue weighted by Gasteiger charge is 1.95. The lowest BCUT2D eigenvalue weighted by Gasteiger charge is -2.05. The average Bonchev–Trinajstić information content (AvgIpc) is 2.36. The quantitative estimate of drug-likeness (QED) is 0.506. The maximum atomic E-state index is 5.33. The summed E-state index contributed by atoms with van der Waals surface area (Å²) >= 11 is 0. The summed E-state index contributed by atoms with van der Waals surface area (Å²) in [7, 11) is 0. The molecule has 0 atom stereocenters. The number of hydrogen-bond donors (Lipinski definition) is 3. The van der Waals surface area contributed by atoms with Crippen molar-refractivity contribution in [3.8, 4) is 0 Å². The van der Waals surface area contributed by atoms with E-state index in [0.29, 0.717) is 0 Å². The molecule has 0 fully saturated rings. The minimum Gasteiger partial charge on any atom is -0.391 e. The lowest BCUT2D eigenvalue weighted by atomic mass is 10.0. The Kier molecular flexibility index (Phi) is 19.1. The Morgan fingerprint density at radius 1 is 0.947 bits per heavy atom. The monoisotopic (exact) mass is 271 g/mol. The van der Waals surface area contributed by atoms with Crippen LogP contribution in [0.2, 0.25) is 0 Å². The molecule has 0 spiro atoms. The first-order chi connectivity index (χ1) is 9.04. The summed E-state index contributed by atoms with van der Waals surface area (Å²) in [6, 6.07) is 0. The van der Waals surface area contributed by atoms with E-state index in [0.717, 1.165) is 50.9 Å². The topological polar surface area (TPSA) is 50.1 Å². The summed E-state index contributed by atoms with van der Waals surface area (Å²) in [6.07, 6.45) is 6.70. The van der Waals surface area contributed by atoms with Crippen molar-refractivity contribution < 1.29 is 0 Å². The molecule has 0 bridgehead atoms. The smallest absolute Gasteiger partial charge is 0.0153 e. The van der Waals surface area contributed by atoms with E-state index in [1.807, 2.05) is 0 Å². The van der Waals surface area contributed by atoms with Crippen molar-refractivity contribution in [2.45, 2.75) is 53.4 Å². The molecular weight excluding hydrogens is 234 g/mol. The molecule has 0 rings (SSSR count). The first-order valence-corrected chi connectivity index (χ1v) is 7.79. The molecule has 3 heteroatoms. The Morgan fingerprint density at radius 3 is 1.89 bits per heavy atom. The van der Waals surface area contributed by atoms with Crippen LogP contribution in [0, 0.1) is 11.8 Å². The first kappa shape index (κ1) is 20.8. The minimum absolute atomic E-state index is 0.776. The number of nitrogens with one attached hydrogen (secondary N) is 2. The van der Waals surface area contributed by atoms with Crippen LogP contribution < -0.4 is 16.4 Å². The van der Waals surface area contributed by atoms with Gasteiger partial charge in [0.1, 0.15) is 0 Å². The highest BCUT2D eigenvalue weighted by Crippen LogP contribution is 2.09. The molecule has 3 nitrogen and oxygen atoms in total. The molecule has 4 N–H and O–H groups in total. The van der Waals surface area contributed by atoms with Crippen LogP contribution in [0.15, 0.2) is 12.8 Å². The molecule has 0 aromatic carbocycles. The van der Waals surface area contributed by atoms with Crippen molar-refractivity contribution >= 4 is 0 Å². The van der Waals surface area contributed by atoms with E-state index in [2.05, 4.69) is 44.9 Å². The van der Waals surface area contributed by atoms with Gasteiger partial charge >= 0.3 is 0 Å². The molecule has 0 heterocycles. The summed E-state index contributed by atoms with van der Waals surface area (Å²) in [5, 5.41) is 6.33. The molecule has 0 aliphatic carbocycles.